The van der Waals surface area contributed by atoms with E-state index in [2.05, 4.69) is 25.8 Å². The Morgan fingerprint density at radius 3 is 3.07 bits per heavy atom. The van der Waals surface area contributed by atoms with Gasteiger partial charge in [0.1, 0.15) is 11.6 Å². The van der Waals surface area contributed by atoms with Gasteiger partial charge in [0.15, 0.2) is 0 Å². The fourth-order valence-corrected chi connectivity index (χ4v) is 3.73. The lowest BCUT2D eigenvalue weighted by Crippen LogP contribution is -2.47. The van der Waals surface area contributed by atoms with Gasteiger partial charge in [-0.05, 0) is 24.6 Å². The minimum atomic E-state index is -0.300. The first kappa shape index (κ1) is 17.7. The summed E-state index contributed by atoms with van der Waals surface area (Å²) < 4.78 is 5.41. The zero-order valence-corrected chi connectivity index (χ0v) is 15.6. The second kappa shape index (κ2) is 7.19. The Morgan fingerprint density at radius 2 is 2.17 bits per heavy atom. The van der Waals surface area contributed by atoms with Gasteiger partial charge in [-0.3, -0.25) is 4.79 Å². The number of aromatic amines is 2. The number of H-pyrrole nitrogens is 2. The summed E-state index contributed by atoms with van der Waals surface area (Å²) >= 11 is 0. The largest absolute Gasteiger partial charge is 0.380 e. The van der Waals surface area contributed by atoms with Crippen LogP contribution in [0.5, 0.6) is 0 Å². The standard InChI is InChI=1S/C20H21N7O2/c21-13-10-29-7-5-14(13)24-16-8-12-9-23-27-20(28)17(12)19(26-16)25-15-3-1-2-11-4-6-22-18(11)15/h1-4,6,8-9,13-14,22H,5,7,10,21H2,(H,27,28)(H2,24,25,26)/t13-,14+/m0/s1. The van der Waals surface area contributed by atoms with E-state index in [0.717, 1.165) is 23.0 Å². The topological polar surface area (TPSA) is 134 Å². The second-order valence-electron chi connectivity index (χ2n) is 7.17. The third-order valence-electron chi connectivity index (χ3n) is 5.22. The fourth-order valence-electron chi connectivity index (χ4n) is 3.73. The number of hydrogen-bond donors (Lipinski definition) is 5. The molecule has 1 saturated heterocycles. The van der Waals surface area contributed by atoms with E-state index < -0.39 is 0 Å². The van der Waals surface area contributed by atoms with Gasteiger partial charge < -0.3 is 26.1 Å². The van der Waals surface area contributed by atoms with Gasteiger partial charge in [-0.2, -0.15) is 5.10 Å². The van der Waals surface area contributed by atoms with Gasteiger partial charge >= 0.3 is 0 Å². The minimum absolute atomic E-state index is 0.0448. The van der Waals surface area contributed by atoms with Crippen molar-refractivity contribution in [2.45, 2.75) is 18.5 Å². The van der Waals surface area contributed by atoms with Gasteiger partial charge in [0.2, 0.25) is 0 Å². The highest BCUT2D eigenvalue weighted by atomic mass is 16.5. The lowest BCUT2D eigenvalue weighted by Gasteiger charge is -2.30. The summed E-state index contributed by atoms with van der Waals surface area (Å²) in [5.41, 5.74) is 7.65. The Bertz CT molecular complexity index is 1230. The number of ether oxygens (including phenoxy) is 1. The molecule has 4 heterocycles. The molecule has 0 saturated carbocycles. The van der Waals surface area contributed by atoms with Gasteiger partial charge in [-0.1, -0.05) is 12.1 Å². The molecule has 0 amide bonds. The van der Waals surface area contributed by atoms with Crippen LogP contribution in [0.3, 0.4) is 0 Å². The Kier molecular flexibility index (Phi) is 4.38. The maximum Gasteiger partial charge on any atom is 0.275 e. The Morgan fingerprint density at radius 1 is 1.24 bits per heavy atom. The maximum absolute atomic E-state index is 12.5. The molecule has 3 aromatic heterocycles. The highest BCUT2D eigenvalue weighted by Gasteiger charge is 2.23. The van der Waals surface area contributed by atoms with Crippen LogP contribution in [-0.2, 0) is 4.74 Å². The number of benzene rings is 1. The van der Waals surface area contributed by atoms with Gasteiger partial charge in [0.25, 0.3) is 5.56 Å². The number of nitrogens with two attached hydrogens (primary N) is 1. The molecule has 0 spiro atoms. The predicted octanol–water partition coefficient (Wildman–Crippen LogP) is 2.07. The molecule has 9 nitrogen and oxygen atoms in total. The van der Waals surface area contributed by atoms with Crippen LogP contribution in [0.1, 0.15) is 6.42 Å². The summed E-state index contributed by atoms with van der Waals surface area (Å²) in [6.07, 6.45) is 4.29. The number of aromatic nitrogens is 4. The van der Waals surface area contributed by atoms with Crippen molar-refractivity contribution >= 4 is 39.0 Å². The highest BCUT2D eigenvalue weighted by molar-refractivity contribution is 5.98. The number of fused-ring (bicyclic) bond motifs is 2. The molecule has 1 aliphatic heterocycles. The van der Waals surface area contributed by atoms with E-state index >= 15 is 0 Å². The fraction of sp³-hybridized carbons (Fsp3) is 0.250. The van der Waals surface area contributed by atoms with Crippen molar-refractivity contribution in [3.63, 3.8) is 0 Å². The average Bonchev–Trinajstić information content (AvgIpc) is 3.20. The second-order valence-corrected chi connectivity index (χ2v) is 7.17. The predicted molar refractivity (Wildman–Crippen MR) is 113 cm³/mol. The van der Waals surface area contributed by atoms with Crippen LogP contribution >= 0.6 is 0 Å². The van der Waals surface area contributed by atoms with Crippen molar-refractivity contribution in [3.8, 4) is 0 Å². The monoisotopic (exact) mass is 391 g/mol. The molecular weight excluding hydrogens is 370 g/mol. The van der Waals surface area contributed by atoms with Crippen molar-refractivity contribution in [2.75, 3.05) is 23.8 Å². The van der Waals surface area contributed by atoms with E-state index in [1.165, 1.54) is 0 Å². The van der Waals surface area contributed by atoms with Gasteiger partial charge in [-0.25, -0.2) is 10.1 Å². The lowest BCUT2D eigenvalue weighted by molar-refractivity contribution is 0.0752. The van der Waals surface area contributed by atoms with Crippen LogP contribution < -0.4 is 21.9 Å². The van der Waals surface area contributed by atoms with E-state index in [1.807, 2.05) is 36.5 Å². The van der Waals surface area contributed by atoms with Crippen LogP contribution in [0.25, 0.3) is 21.7 Å². The van der Waals surface area contributed by atoms with Crippen LogP contribution in [0.4, 0.5) is 17.3 Å². The third kappa shape index (κ3) is 3.30. The lowest BCUT2D eigenvalue weighted by atomic mass is 10.0. The number of hydrogen-bond acceptors (Lipinski definition) is 7. The van der Waals surface area contributed by atoms with Gasteiger partial charge in [0, 0.05) is 35.7 Å². The van der Waals surface area contributed by atoms with E-state index in [9.17, 15) is 4.79 Å². The number of nitrogens with zero attached hydrogens (tertiary/aromatic N) is 2. The van der Waals surface area contributed by atoms with Crippen LogP contribution in [0, 0.1) is 0 Å². The van der Waals surface area contributed by atoms with Crippen LogP contribution in [-0.4, -0.2) is 45.5 Å². The van der Waals surface area contributed by atoms with E-state index in [4.69, 9.17) is 15.5 Å². The summed E-state index contributed by atoms with van der Waals surface area (Å²) in [5, 5.41) is 15.3. The van der Waals surface area contributed by atoms with E-state index in [1.54, 1.807) is 6.20 Å². The van der Waals surface area contributed by atoms with Crippen molar-refractivity contribution in [2.24, 2.45) is 5.73 Å². The maximum atomic E-state index is 12.5. The smallest absolute Gasteiger partial charge is 0.275 e. The van der Waals surface area contributed by atoms with Gasteiger partial charge in [-0.15, -0.1) is 0 Å². The Hall–Kier alpha value is -3.43. The summed E-state index contributed by atoms with van der Waals surface area (Å²) in [5.74, 6) is 1.09. The molecule has 148 valence electrons. The van der Waals surface area contributed by atoms with Crippen molar-refractivity contribution in [3.05, 3.63) is 53.1 Å². The van der Waals surface area contributed by atoms with Crippen LogP contribution in [0.15, 0.2) is 47.5 Å². The van der Waals surface area contributed by atoms with E-state index in [-0.39, 0.29) is 17.6 Å². The quantitative estimate of drug-likeness (QED) is 0.359. The summed E-state index contributed by atoms with van der Waals surface area (Å²) in [7, 11) is 0. The first-order valence-electron chi connectivity index (χ1n) is 9.50. The number of pyridine rings is 1. The van der Waals surface area contributed by atoms with Crippen molar-refractivity contribution in [1.29, 1.82) is 0 Å². The Labute approximate surface area is 165 Å². The normalized spacial score (nSPS) is 19.5. The first-order chi connectivity index (χ1) is 14.2. The zero-order valence-electron chi connectivity index (χ0n) is 15.6. The highest BCUT2D eigenvalue weighted by Crippen LogP contribution is 2.29. The molecule has 0 bridgehead atoms. The molecule has 0 unspecified atom stereocenters. The number of anilines is 3. The number of nitrogens with one attached hydrogen (secondary N) is 4. The third-order valence-corrected chi connectivity index (χ3v) is 5.22. The van der Waals surface area contributed by atoms with Crippen LogP contribution in [0.2, 0.25) is 0 Å². The van der Waals surface area contributed by atoms with E-state index in [0.29, 0.717) is 35.6 Å². The van der Waals surface area contributed by atoms with Gasteiger partial charge in [0.05, 0.1) is 29.4 Å². The molecule has 9 heteroatoms. The SMILES string of the molecule is N[C@H]1COCC[C@H]1Nc1cc2cn[nH]c(=O)c2c(Nc2cccc3cc[nH]c23)n1. The zero-order chi connectivity index (χ0) is 19.8. The number of rotatable bonds is 4. The molecule has 1 aliphatic rings. The molecule has 4 aromatic rings. The minimum Gasteiger partial charge on any atom is -0.380 e. The molecule has 5 rings (SSSR count). The molecule has 0 aliphatic carbocycles. The molecule has 1 aromatic carbocycles. The summed E-state index contributed by atoms with van der Waals surface area (Å²) in [4.78, 5) is 20.4. The molecule has 1 fully saturated rings. The van der Waals surface area contributed by atoms with Crippen molar-refractivity contribution in [1.82, 2.24) is 20.2 Å². The molecule has 29 heavy (non-hydrogen) atoms. The molecule has 0 radical (unpaired) electrons. The first-order valence-corrected chi connectivity index (χ1v) is 9.50. The average molecular weight is 391 g/mol. The van der Waals surface area contributed by atoms with Crippen molar-refractivity contribution < 1.29 is 4.74 Å². The molecule has 6 N–H and O–H groups in total. The summed E-state index contributed by atoms with van der Waals surface area (Å²) in [6, 6.07) is 9.65. The summed E-state index contributed by atoms with van der Waals surface area (Å²) in [6.45, 7) is 1.16. The number of para-hydroxylation sites is 1. The Balaban J connectivity index is 1.59. The molecule has 2 atom stereocenters. The molecular formula is C20H21N7O2.